The summed E-state index contributed by atoms with van der Waals surface area (Å²) in [6.45, 7) is 1.80. The summed E-state index contributed by atoms with van der Waals surface area (Å²) in [5.74, 6) is 1.00. The number of carbonyl (C=O) groups is 1. The number of amides is 1. The molecule has 1 aliphatic heterocycles. The van der Waals surface area contributed by atoms with Crippen LogP contribution in [0.15, 0.2) is 42.5 Å². The van der Waals surface area contributed by atoms with Gasteiger partial charge in [-0.1, -0.05) is 42.5 Å². The fourth-order valence-corrected chi connectivity index (χ4v) is 3.45. The monoisotopic (exact) mass is 284 g/mol. The van der Waals surface area contributed by atoms with Gasteiger partial charge in [0.15, 0.2) is 0 Å². The van der Waals surface area contributed by atoms with Crippen LogP contribution >= 0.6 is 0 Å². The fraction of sp³-hybridized carbons (Fsp3) is 0.500. The van der Waals surface area contributed by atoms with E-state index < -0.39 is 0 Å². The lowest BCUT2D eigenvalue weighted by atomic mass is 9.89. The molecule has 0 saturated carbocycles. The van der Waals surface area contributed by atoms with E-state index in [1.807, 2.05) is 17.1 Å². The first kappa shape index (κ1) is 14.3. The molecule has 1 aliphatic carbocycles. The number of nitrogens with zero attached hydrogens (tertiary/aromatic N) is 1. The number of piperidine rings is 1. The number of benzene rings is 1. The minimum atomic E-state index is 0.0191. The lowest BCUT2D eigenvalue weighted by Gasteiger charge is -2.33. The van der Waals surface area contributed by atoms with Gasteiger partial charge in [-0.25, -0.2) is 0 Å². The van der Waals surface area contributed by atoms with Crippen LogP contribution in [-0.2, 0) is 11.2 Å². The Kier molecular flexibility index (Phi) is 4.39. The summed E-state index contributed by atoms with van der Waals surface area (Å²) >= 11 is 0. The third-order valence-electron chi connectivity index (χ3n) is 4.73. The Labute approximate surface area is 126 Å². The molecule has 1 saturated heterocycles. The summed E-state index contributed by atoms with van der Waals surface area (Å²) in [6.07, 6.45) is 8.10. The first-order valence-corrected chi connectivity index (χ1v) is 7.99. The predicted molar refractivity (Wildman–Crippen MR) is 84.7 cm³/mol. The number of likely N-dealkylation sites (tertiary alicyclic amines) is 1. The Hall–Kier alpha value is -1.61. The SMILES string of the molecule is NC1C=CC(C(=O)N2CCC(Cc3ccccc3)CC2)C1. The maximum Gasteiger partial charge on any atom is 0.229 e. The normalized spacial score (nSPS) is 26.2. The zero-order valence-corrected chi connectivity index (χ0v) is 12.4. The Morgan fingerprint density at radius 3 is 2.48 bits per heavy atom. The predicted octanol–water partition coefficient (Wildman–Crippen LogP) is 2.37. The van der Waals surface area contributed by atoms with Crippen molar-refractivity contribution in [2.45, 2.75) is 31.7 Å². The summed E-state index contributed by atoms with van der Waals surface area (Å²) in [5.41, 5.74) is 7.25. The van der Waals surface area contributed by atoms with Crippen LogP contribution in [0.3, 0.4) is 0 Å². The maximum absolute atomic E-state index is 12.4. The van der Waals surface area contributed by atoms with Crippen LogP contribution in [0.5, 0.6) is 0 Å². The second-order valence-corrected chi connectivity index (χ2v) is 6.35. The molecule has 3 nitrogen and oxygen atoms in total. The van der Waals surface area contributed by atoms with Gasteiger partial charge in [-0.2, -0.15) is 0 Å². The van der Waals surface area contributed by atoms with E-state index in [9.17, 15) is 4.79 Å². The smallest absolute Gasteiger partial charge is 0.229 e. The van der Waals surface area contributed by atoms with Crippen LogP contribution in [0.4, 0.5) is 0 Å². The van der Waals surface area contributed by atoms with Crippen molar-refractivity contribution < 1.29 is 4.79 Å². The summed E-state index contributed by atoms with van der Waals surface area (Å²) in [5, 5.41) is 0. The van der Waals surface area contributed by atoms with Crippen molar-refractivity contribution in [2.75, 3.05) is 13.1 Å². The first-order valence-electron chi connectivity index (χ1n) is 7.99. The van der Waals surface area contributed by atoms with Crippen molar-refractivity contribution in [3.63, 3.8) is 0 Å². The Morgan fingerprint density at radius 1 is 1.14 bits per heavy atom. The highest BCUT2D eigenvalue weighted by atomic mass is 16.2. The Morgan fingerprint density at radius 2 is 1.86 bits per heavy atom. The summed E-state index contributed by atoms with van der Waals surface area (Å²) < 4.78 is 0. The second kappa shape index (κ2) is 6.44. The maximum atomic E-state index is 12.4. The van der Waals surface area contributed by atoms with Crippen LogP contribution in [0, 0.1) is 11.8 Å². The van der Waals surface area contributed by atoms with Gasteiger partial charge in [0.25, 0.3) is 0 Å². The summed E-state index contributed by atoms with van der Waals surface area (Å²) in [4.78, 5) is 14.5. The molecule has 2 atom stereocenters. The summed E-state index contributed by atoms with van der Waals surface area (Å²) in [6, 6.07) is 10.7. The molecular formula is C18H24N2O. The Balaban J connectivity index is 1.49. The molecule has 0 radical (unpaired) electrons. The van der Waals surface area contributed by atoms with Crippen LogP contribution in [0.2, 0.25) is 0 Å². The molecule has 0 spiro atoms. The fourth-order valence-electron chi connectivity index (χ4n) is 3.45. The molecular weight excluding hydrogens is 260 g/mol. The Bertz CT molecular complexity index is 503. The van der Waals surface area contributed by atoms with E-state index in [1.54, 1.807) is 0 Å². The molecule has 21 heavy (non-hydrogen) atoms. The molecule has 1 amide bonds. The van der Waals surface area contributed by atoms with Crippen molar-refractivity contribution >= 4 is 5.91 Å². The van der Waals surface area contributed by atoms with E-state index in [-0.39, 0.29) is 17.9 Å². The van der Waals surface area contributed by atoms with Crippen LogP contribution in [0.1, 0.15) is 24.8 Å². The van der Waals surface area contributed by atoms with E-state index in [0.29, 0.717) is 5.92 Å². The van der Waals surface area contributed by atoms with Crippen molar-refractivity contribution in [1.82, 2.24) is 4.90 Å². The van der Waals surface area contributed by atoms with Gasteiger partial charge in [0.2, 0.25) is 5.91 Å². The molecule has 2 unspecified atom stereocenters. The van der Waals surface area contributed by atoms with Gasteiger partial charge in [0.05, 0.1) is 5.92 Å². The molecule has 3 rings (SSSR count). The van der Waals surface area contributed by atoms with Crippen molar-refractivity contribution in [1.29, 1.82) is 0 Å². The van der Waals surface area contributed by atoms with Crippen LogP contribution in [0.25, 0.3) is 0 Å². The third-order valence-corrected chi connectivity index (χ3v) is 4.73. The largest absolute Gasteiger partial charge is 0.342 e. The highest BCUT2D eigenvalue weighted by Gasteiger charge is 2.29. The number of nitrogens with two attached hydrogens (primary N) is 1. The third kappa shape index (κ3) is 3.53. The van der Waals surface area contributed by atoms with Gasteiger partial charge in [0, 0.05) is 19.1 Å². The highest BCUT2D eigenvalue weighted by molar-refractivity contribution is 5.81. The van der Waals surface area contributed by atoms with Gasteiger partial charge >= 0.3 is 0 Å². The second-order valence-electron chi connectivity index (χ2n) is 6.35. The number of hydrogen-bond acceptors (Lipinski definition) is 2. The average molecular weight is 284 g/mol. The number of carbonyl (C=O) groups excluding carboxylic acids is 1. The number of hydrogen-bond donors (Lipinski definition) is 1. The standard InChI is InChI=1S/C18H24N2O/c19-17-7-6-16(13-17)18(21)20-10-8-15(9-11-20)12-14-4-2-1-3-5-14/h1-7,15-17H,8-13,19H2. The lowest BCUT2D eigenvalue weighted by Crippen LogP contribution is -2.41. The molecule has 1 aromatic rings. The minimum absolute atomic E-state index is 0.0191. The molecule has 2 aliphatic rings. The van der Waals surface area contributed by atoms with Gasteiger partial charge in [0.1, 0.15) is 0 Å². The first-order chi connectivity index (χ1) is 10.2. The molecule has 1 heterocycles. The molecule has 3 heteroatoms. The zero-order chi connectivity index (χ0) is 14.7. The topological polar surface area (TPSA) is 46.3 Å². The van der Waals surface area contributed by atoms with Crippen LogP contribution in [-0.4, -0.2) is 29.9 Å². The molecule has 0 aromatic heterocycles. The van der Waals surface area contributed by atoms with Gasteiger partial charge < -0.3 is 10.6 Å². The van der Waals surface area contributed by atoms with E-state index in [1.165, 1.54) is 5.56 Å². The quantitative estimate of drug-likeness (QED) is 0.866. The molecule has 0 bridgehead atoms. The molecule has 112 valence electrons. The van der Waals surface area contributed by atoms with Gasteiger partial charge in [-0.15, -0.1) is 0 Å². The van der Waals surface area contributed by atoms with E-state index in [0.717, 1.165) is 38.8 Å². The number of rotatable bonds is 3. The van der Waals surface area contributed by atoms with E-state index in [4.69, 9.17) is 5.73 Å². The summed E-state index contributed by atoms with van der Waals surface area (Å²) in [7, 11) is 0. The average Bonchev–Trinajstić information content (AvgIpc) is 2.95. The van der Waals surface area contributed by atoms with Crippen LogP contribution < -0.4 is 5.73 Å². The van der Waals surface area contributed by atoms with E-state index in [2.05, 4.69) is 30.3 Å². The molecule has 1 aromatic carbocycles. The van der Waals surface area contributed by atoms with Crippen molar-refractivity contribution in [2.24, 2.45) is 17.6 Å². The van der Waals surface area contributed by atoms with Crippen molar-refractivity contribution in [3.8, 4) is 0 Å². The lowest BCUT2D eigenvalue weighted by molar-refractivity contribution is -0.135. The zero-order valence-electron chi connectivity index (χ0n) is 12.4. The molecule has 2 N–H and O–H groups in total. The minimum Gasteiger partial charge on any atom is -0.342 e. The van der Waals surface area contributed by atoms with E-state index >= 15 is 0 Å². The van der Waals surface area contributed by atoms with Crippen molar-refractivity contribution in [3.05, 3.63) is 48.0 Å². The van der Waals surface area contributed by atoms with Gasteiger partial charge in [-0.3, -0.25) is 4.79 Å². The molecule has 1 fully saturated rings. The van der Waals surface area contributed by atoms with Gasteiger partial charge in [-0.05, 0) is 37.2 Å². The highest BCUT2D eigenvalue weighted by Crippen LogP contribution is 2.25.